The van der Waals surface area contributed by atoms with E-state index in [4.69, 9.17) is 5.21 Å². The molecule has 0 bridgehead atoms. The quantitative estimate of drug-likeness (QED) is 0.310. The second-order valence-corrected chi connectivity index (χ2v) is 3.97. The summed E-state index contributed by atoms with van der Waals surface area (Å²) in [6.45, 7) is 1.69. The van der Waals surface area contributed by atoms with E-state index in [1.165, 1.54) is 14.2 Å². The summed E-state index contributed by atoms with van der Waals surface area (Å²) in [5.41, 5.74) is 0.0301. The van der Waals surface area contributed by atoms with E-state index in [1.807, 2.05) is 0 Å². The van der Waals surface area contributed by atoms with Gasteiger partial charge >= 0.3 is 7.60 Å². The molecule has 0 aliphatic heterocycles. The van der Waals surface area contributed by atoms with Crippen LogP contribution in [0.5, 0.6) is 0 Å². The molecule has 0 spiro atoms. The number of nitrogens with zero attached hydrogens (tertiary/aromatic N) is 1. The summed E-state index contributed by atoms with van der Waals surface area (Å²) >= 11 is 0. The van der Waals surface area contributed by atoms with Crippen LogP contribution in [0.15, 0.2) is 5.16 Å². The van der Waals surface area contributed by atoms with Gasteiger partial charge in [0.2, 0.25) is 0 Å². The molecule has 0 aliphatic carbocycles. The standard InChI is InChI=1S/C5H12NO4P/c1-4-5(6-7)11(8,9-2)10-3/h7H,4H2,1-3H3. The Morgan fingerprint density at radius 1 is 1.55 bits per heavy atom. The van der Waals surface area contributed by atoms with Gasteiger partial charge in [0.1, 0.15) is 0 Å². The molecule has 0 saturated heterocycles. The fraction of sp³-hybridized carbons (Fsp3) is 0.800. The monoisotopic (exact) mass is 181 g/mol. The van der Waals surface area contributed by atoms with Crippen LogP contribution in [-0.4, -0.2) is 24.9 Å². The molecule has 6 heteroatoms. The molecule has 66 valence electrons. The molecule has 11 heavy (non-hydrogen) atoms. The third-order valence-electron chi connectivity index (χ3n) is 1.23. The Labute approximate surface area is 65.5 Å². The highest BCUT2D eigenvalue weighted by Crippen LogP contribution is 2.48. The van der Waals surface area contributed by atoms with Crippen molar-refractivity contribution in [2.45, 2.75) is 13.3 Å². The Balaban J connectivity index is 4.62. The van der Waals surface area contributed by atoms with Gasteiger partial charge in [-0.2, -0.15) is 0 Å². The minimum absolute atomic E-state index is 0.0301. The molecular weight excluding hydrogens is 169 g/mol. The van der Waals surface area contributed by atoms with E-state index in [2.05, 4.69) is 14.2 Å². The zero-order chi connectivity index (χ0) is 8.91. The van der Waals surface area contributed by atoms with E-state index >= 15 is 0 Å². The van der Waals surface area contributed by atoms with Gasteiger partial charge < -0.3 is 14.3 Å². The maximum Gasteiger partial charge on any atom is 0.378 e. The molecule has 0 atom stereocenters. The van der Waals surface area contributed by atoms with Crippen molar-refractivity contribution in [2.75, 3.05) is 14.2 Å². The summed E-state index contributed by atoms with van der Waals surface area (Å²) in [6, 6.07) is 0. The third kappa shape index (κ3) is 2.29. The molecule has 0 amide bonds. The average molecular weight is 181 g/mol. The van der Waals surface area contributed by atoms with Gasteiger partial charge in [-0.1, -0.05) is 12.1 Å². The average Bonchev–Trinajstić information content (AvgIpc) is 2.06. The van der Waals surface area contributed by atoms with Crippen molar-refractivity contribution in [3.63, 3.8) is 0 Å². The largest absolute Gasteiger partial charge is 0.410 e. The van der Waals surface area contributed by atoms with Gasteiger partial charge in [-0.15, -0.1) is 0 Å². The second-order valence-electron chi connectivity index (χ2n) is 1.73. The predicted molar refractivity (Wildman–Crippen MR) is 41.1 cm³/mol. The van der Waals surface area contributed by atoms with Crippen molar-refractivity contribution in [1.82, 2.24) is 0 Å². The zero-order valence-corrected chi connectivity index (χ0v) is 7.67. The molecule has 0 fully saturated rings. The Bertz CT molecular complexity index is 183. The lowest BCUT2D eigenvalue weighted by molar-refractivity contribution is 0.282. The van der Waals surface area contributed by atoms with Crippen LogP contribution in [0.1, 0.15) is 13.3 Å². The van der Waals surface area contributed by atoms with Crippen LogP contribution in [0.4, 0.5) is 0 Å². The molecule has 0 radical (unpaired) electrons. The van der Waals surface area contributed by atoms with Gasteiger partial charge in [0.05, 0.1) is 0 Å². The molecule has 0 saturated carbocycles. The first kappa shape index (κ1) is 10.6. The van der Waals surface area contributed by atoms with Gasteiger partial charge in [-0.25, -0.2) is 0 Å². The molecule has 0 aliphatic rings. The highest BCUT2D eigenvalue weighted by molar-refractivity contribution is 7.72. The highest BCUT2D eigenvalue weighted by Gasteiger charge is 2.28. The van der Waals surface area contributed by atoms with Crippen molar-refractivity contribution in [3.05, 3.63) is 0 Å². The Kier molecular flexibility index (Phi) is 4.33. The molecule has 0 aromatic heterocycles. The highest BCUT2D eigenvalue weighted by atomic mass is 31.2. The fourth-order valence-electron chi connectivity index (χ4n) is 0.604. The van der Waals surface area contributed by atoms with Crippen molar-refractivity contribution < 1.29 is 18.8 Å². The first-order valence-electron chi connectivity index (χ1n) is 3.07. The minimum Gasteiger partial charge on any atom is -0.410 e. The third-order valence-corrected chi connectivity index (χ3v) is 3.23. The molecule has 0 unspecified atom stereocenters. The minimum atomic E-state index is -3.29. The summed E-state index contributed by atoms with van der Waals surface area (Å²) < 4.78 is 20.5. The van der Waals surface area contributed by atoms with Gasteiger partial charge in [-0.05, 0) is 6.42 Å². The van der Waals surface area contributed by atoms with Crippen LogP contribution in [0.2, 0.25) is 0 Å². The number of oxime groups is 1. The molecule has 0 aromatic rings. The molecule has 1 N–H and O–H groups in total. The van der Waals surface area contributed by atoms with Crippen molar-refractivity contribution in [2.24, 2.45) is 5.16 Å². The van der Waals surface area contributed by atoms with E-state index in [-0.39, 0.29) is 5.45 Å². The van der Waals surface area contributed by atoms with E-state index in [0.29, 0.717) is 6.42 Å². The van der Waals surface area contributed by atoms with Crippen LogP contribution in [0, 0.1) is 0 Å². The topological polar surface area (TPSA) is 68.1 Å². The normalized spacial score (nSPS) is 13.5. The molecule has 0 aromatic carbocycles. The predicted octanol–water partition coefficient (Wildman–Crippen LogP) is 1.67. The fourth-order valence-corrected chi connectivity index (χ4v) is 1.67. The van der Waals surface area contributed by atoms with Crippen molar-refractivity contribution in [1.29, 1.82) is 0 Å². The van der Waals surface area contributed by atoms with E-state index < -0.39 is 7.60 Å². The number of rotatable bonds is 4. The summed E-state index contributed by atoms with van der Waals surface area (Å²) in [5.74, 6) is 0. The van der Waals surface area contributed by atoms with Crippen LogP contribution >= 0.6 is 7.60 Å². The number of hydrogen-bond donors (Lipinski definition) is 1. The lowest BCUT2D eigenvalue weighted by atomic mass is 10.5. The summed E-state index contributed by atoms with van der Waals surface area (Å²) in [6.07, 6.45) is 0.329. The first-order valence-corrected chi connectivity index (χ1v) is 4.61. The van der Waals surface area contributed by atoms with Crippen LogP contribution in [0.3, 0.4) is 0 Å². The molecule has 0 heterocycles. The smallest absolute Gasteiger partial charge is 0.378 e. The van der Waals surface area contributed by atoms with Crippen molar-refractivity contribution >= 4 is 13.0 Å². The van der Waals surface area contributed by atoms with Crippen LogP contribution in [0.25, 0.3) is 0 Å². The lowest BCUT2D eigenvalue weighted by Gasteiger charge is -2.12. The van der Waals surface area contributed by atoms with E-state index in [0.717, 1.165) is 0 Å². The molecule has 5 nitrogen and oxygen atoms in total. The van der Waals surface area contributed by atoms with Crippen LogP contribution < -0.4 is 0 Å². The lowest BCUT2D eigenvalue weighted by Crippen LogP contribution is -2.02. The Hall–Kier alpha value is -0.380. The molecular formula is C5H12NO4P. The number of hydrogen-bond acceptors (Lipinski definition) is 5. The summed E-state index contributed by atoms with van der Waals surface area (Å²) in [7, 11) is -0.809. The SMILES string of the molecule is CCC(=NO)P(=O)(OC)OC. The maximum absolute atomic E-state index is 11.4. The zero-order valence-electron chi connectivity index (χ0n) is 6.77. The van der Waals surface area contributed by atoms with Crippen molar-refractivity contribution in [3.8, 4) is 0 Å². The van der Waals surface area contributed by atoms with E-state index in [9.17, 15) is 4.57 Å². The second kappa shape index (κ2) is 4.49. The summed E-state index contributed by atoms with van der Waals surface area (Å²) in [4.78, 5) is 0. The Morgan fingerprint density at radius 2 is 2.00 bits per heavy atom. The maximum atomic E-state index is 11.4. The first-order chi connectivity index (χ1) is 5.14. The van der Waals surface area contributed by atoms with Gasteiger partial charge in [0.25, 0.3) is 0 Å². The van der Waals surface area contributed by atoms with Gasteiger partial charge in [0.15, 0.2) is 5.45 Å². The summed E-state index contributed by atoms with van der Waals surface area (Å²) in [5, 5.41) is 11.2. The van der Waals surface area contributed by atoms with Gasteiger partial charge in [0, 0.05) is 14.2 Å². The van der Waals surface area contributed by atoms with Gasteiger partial charge in [-0.3, -0.25) is 4.57 Å². The van der Waals surface area contributed by atoms with Crippen LogP contribution in [-0.2, 0) is 13.6 Å². The van der Waals surface area contributed by atoms with E-state index in [1.54, 1.807) is 6.92 Å². The Morgan fingerprint density at radius 3 is 2.09 bits per heavy atom. The molecule has 0 rings (SSSR count).